The fraction of sp³-hybridized carbons (Fsp3) is 0. The van der Waals surface area contributed by atoms with E-state index in [9.17, 15) is 15.8 Å². The molecule has 0 atom stereocenters. The molecular formula is C45H25N5. The number of nitrogens with zero attached hydrogens (tertiary/aromatic N) is 5. The lowest BCUT2D eigenvalue weighted by molar-refractivity contribution is 1.17. The van der Waals surface area contributed by atoms with Crippen molar-refractivity contribution in [2.24, 2.45) is 0 Å². The normalized spacial score (nSPS) is 11.1. The third-order valence-corrected chi connectivity index (χ3v) is 9.60. The second-order valence-corrected chi connectivity index (χ2v) is 12.3. The highest BCUT2D eigenvalue weighted by Gasteiger charge is 2.21. The van der Waals surface area contributed by atoms with Gasteiger partial charge in [0.2, 0.25) is 0 Å². The van der Waals surface area contributed by atoms with Crippen molar-refractivity contribution in [3.8, 4) is 51.8 Å². The van der Waals surface area contributed by atoms with Gasteiger partial charge in [0, 0.05) is 32.8 Å². The lowest BCUT2D eigenvalue weighted by Gasteiger charge is -2.17. The van der Waals surface area contributed by atoms with E-state index in [0.717, 1.165) is 60.8 Å². The molecule has 50 heavy (non-hydrogen) atoms. The summed E-state index contributed by atoms with van der Waals surface area (Å²) in [4.78, 5) is 0. The van der Waals surface area contributed by atoms with E-state index in [4.69, 9.17) is 0 Å². The molecule has 0 saturated carbocycles. The van der Waals surface area contributed by atoms with Gasteiger partial charge in [-0.25, -0.2) is 0 Å². The number of rotatable bonds is 4. The van der Waals surface area contributed by atoms with Gasteiger partial charge >= 0.3 is 0 Å². The maximum absolute atomic E-state index is 10.5. The second kappa shape index (κ2) is 11.4. The minimum absolute atomic E-state index is 0.395. The first kappa shape index (κ1) is 28.8. The van der Waals surface area contributed by atoms with Crippen molar-refractivity contribution in [2.75, 3.05) is 0 Å². The van der Waals surface area contributed by atoms with Crippen LogP contribution in [0.5, 0.6) is 0 Å². The quantitative estimate of drug-likeness (QED) is 0.193. The van der Waals surface area contributed by atoms with E-state index < -0.39 is 0 Å². The summed E-state index contributed by atoms with van der Waals surface area (Å²) in [6.45, 7) is 0. The zero-order valence-corrected chi connectivity index (χ0v) is 26.7. The highest BCUT2D eigenvalue weighted by molar-refractivity contribution is 6.11. The van der Waals surface area contributed by atoms with Gasteiger partial charge in [-0.05, 0) is 83.4 Å². The molecule has 9 rings (SSSR count). The van der Waals surface area contributed by atoms with E-state index in [1.165, 1.54) is 10.8 Å². The summed E-state index contributed by atoms with van der Waals surface area (Å²) in [5.74, 6) is 0. The largest absolute Gasteiger partial charge is 0.309 e. The molecule has 7 aromatic carbocycles. The topological polar surface area (TPSA) is 81.2 Å². The minimum atomic E-state index is 0.395. The zero-order chi connectivity index (χ0) is 33.8. The van der Waals surface area contributed by atoms with Gasteiger partial charge in [-0.1, -0.05) is 84.9 Å². The average molecular weight is 636 g/mol. The number of nitriles is 3. The maximum atomic E-state index is 10.5. The standard InChI is InChI=1S/C45H25N5/c46-26-29-16-21-44-40(23-29)38-12-3-6-15-43(38)50(44)45-34(28-48)22-30(27-47)24-39(45)33-9-7-8-32(25-33)31-17-19-35(20-18-31)49-41-13-4-1-10-36(41)37-11-2-5-14-42(37)49/h1-25H. The Bertz CT molecular complexity index is 2900. The van der Waals surface area contributed by atoms with Gasteiger partial charge in [0.1, 0.15) is 6.07 Å². The Hall–Kier alpha value is -7.39. The van der Waals surface area contributed by atoms with Gasteiger partial charge in [-0.3, -0.25) is 0 Å². The molecule has 0 aliphatic rings. The van der Waals surface area contributed by atoms with Gasteiger partial charge in [0.25, 0.3) is 0 Å². The molecule has 0 aliphatic carbocycles. The van der Waals surface area contributed by atoms with E-state index in [1.54, 1.807) is 12.1 Å². The molecule has 0 fully saturated rings. The predicted molar refractivity (Wildman–Crippen MR) is 200 cm³/mol. The van der Waals surface area contributed by atoms with Gasteiger partial charge < -0.3 is 9.13 Å². The third kappa shape index (κ3) is 4.38. The number of hydrogen-bond acceptors (Lipinski definition) is 3. The second-order valence-electron chi connectivity index (χ2n) is 12.3. The van der Waals surface area contributed by atoms with E-state index in [0.29, 0.717) is 22.4 Å². The first-order valence-electron chi connectivity index (χ1n) is 16.3. The minimum Gasteiger partial charge on any atom is -0.309 e. The van der Waals surface area contributed by atoms with Crippen molar-refractivity contribution in [3.63, 3.8) is 0 Å². The molecule has 0 saturated heterocycles. The van der Waals surface area contributed by atoms with E-state index in [-0.39, 0.29) is 0 Å². The van der Waals surface area contributed by atoms with Crippen LogP contribution in [0.4, 0.5) is 0 Å². The fourth-order valence-corrected chi connectivity index (χ4v) is 7.40. The van der Waals surface area contributed by atoms with Crippen LogP contribution >= 0.6 is 0 Å². The third-order valence-electron chi connectivity index (χ3n) is 9.60. The molecule has 5 nitrogen and oxygen atoms in total. The smallest absolute Gasteiger partial charge is 0.101 e. The van der Waals surface area contributed by atoms with Crippen LogP contribution < -0.4 is 0 Å². The molecule has 9 aromatic rings. The van der Waals surface area contributed by atoms with Crippen LogP contribution in [0.1, 0.15) is 16.7 Å². The van der Waals surface area contributed by atoms with E-state index in [1.807, 2.05) is 54.6 Å². The molecule has 5 heteroatoms. The van der Waals surface area contributed by atoms with Crippen LogP contribution in [0.15, 0.2) is 152 Å². The van der Waals surface area contributed by atoms with E-state index in [2.05, 4.69) is 112 Å². The number of fused-ring (bicyclic) bond motifs is 6. The van der Waals surface area contributed by atoms with Crippen molar-refractivity contribution in [2.45, 2.75) is 0 Å². The molecule has 0 N–H and O–H groups in total. The zero-order valence-electron chi connectivity index (χ0n) is 26.7. The Morgan fingerprint density at radius 2 is 0.960 bits per heavy atom. The monoisotopic (exact) mass is 635 g/mol. The van der Waals surface area contributed by atoms with Gasteiger partial charge in [0.15, 0.2) is 0 Å². The number of aromatic nitrogens is 2. The van der Waals surface area contributed by atoms with E-state index >= 15 is 0 Å². The molecule has 2 heterocycles. The lowest BCUT2D eigenvalue weighted by atomic mass is 9.94. The predicted octanol–water partition coefficient (Wildman–Crippen LogP) is 10.8. The molecule has 0 spiro atoms. The number of para-hydroxylation sites is 3. The molecule has 0 aliphatic heterocycles. The van der Waals surface area contributed by atoms with Gasteiger partial charge in [-0.15, -0.1) is 0 Å². The maximum Gasteiger partial charge on any atom is 0.101 e. The van der Waals surface area contributed by atoms with Crippen LogP contribution in [0.3, 0.4) is 0 Å². The van der Waals surface area contributed by atoms with Crippen LogP contribution in [0.2, 0.25) is 0 Å². The van der Waals surface area contributed by atoms with Crippen molar-refractivity contribution in [1.82, 2.24) is 9.13 Å². The van der Waals surface area contributed by atoms with Crippen molar-refractivity contribution < 1.29 is 0 Å². The highest BCUT2D eigenvalue weighted by Crippen LogP contribution is 2.40. The molecule has 0 radical (unpaired) electrons. The van der Waals surface area contributed by atoms with Crippen LogP contribution in [-0.2, 0) is 0 Å². The molecular weight excluding hydrogens is 611 g/mol. The molecule has 230 valence electrons. The van der Waals surface area contributed by atoms with Crippen LogP contribution in [0, 0.1) is 34.0 Å². The Morgan fingerprint density at radius 3 is 1.60 bits per heavy atom. The Balaban J connectivity index is 1.21. The van der Waals surface area contributed by atoms with Gasteiger partial charge in [-0.2, -0.15) is 15.8 Å². The summed E-state index contributed by atoms with van der Waals surface area (Å²) >= 11 is 0. The highest BCUT2D eigenvalue weighted by atomic mass is 15.0. The lowest BCUT2D eigenvalue weighted by Crippen LogP contribution is -2.02. The van der Waals surface area contributed by atoms with Crippen molar-refractivity contribution in [1.29, 1.82) is 15.8 Å². The summed E-state index contributed by atoms with van der Waals surface area (Å²) in [5.41, 5.74) is 11.0. The summed E-state index contributed by atoms with van der Waals surface area (Å²) in [5, 5.41) is 34.5. The molecule has 2 aromatic heterocycles. The van der Waals surface area contributed by atoms with Gasteiger partial charge in [0.05, 0.1) is 56.6 Å². The number of hydrogen-bond donors (Lipinski definition) is 0. The Morgan fingerprint density at radius 1 is 0.380 bits per heavy atom. The summed E-state index contributed by atoms with van der Waals surface area (Å²) in [6.07, 6.45) is 0. The average Bonchev–Trinajstić information content (AvgIpc) is 3.70. The van der Waals surface area contributed by atoms with Crippen LogP contribution in [-0.4, -0.2) is 9.13 Å². The molecule has 0 amide bonds. The summed E-state index contributed by atoms with van der Waals surface area (Å²) in [7, 11) is 0. The summed E-state index contributed by atoms with van der Waals surface area (Å²) in [6, 6.07) is 57.9. The Labute approximate surface area is 287 Å². The summed E-state index contributed by atoms with van der Waals surface area (Å²) < 4.78 is 4.40. The Kier molecular flexibility index (Phi) is 6.56. The molecule has 0 unspecified atom stereocenters. The molecule has 0 bridgehead atoms. The number of benzene rings is 7. The first-order valence-corrected chi connectivity index (χ1v) is 16.3. The van der Waals surface area contributed by atoms with Crippen molar-refractivity contribution >= 4 is 43.6 Å². The van der Waals surface area contributed by atoms with Crippen molar-refractivity contribution in [3.05, 3.63) is 168 Å². The SMILES string of the molecule is N#Cc1cc(C#N)c(-n2c3ccccc3c3cc(C#N)ccc32)c(-c2cccc(-c3ccc(-n4c5ccccc5c5ccccc54)cc3)c2)c1. The fourth-order valence-electron chi connectivity index (χ4n) is 7.40. The first-order chi connectivity index (χ1) is 24.7. The van der Waals surface area contributed by atoms with Crippen LogP contribution in [0.25, 0.3) is 77.2 Å².